The molecule has 0 spiro atoms. The molecule has 0 unspecified atom stereocenters. The summed E-state index contributed by atoms with van der Waals surface area (Å²) in [6.45, 7) is 17.3. The van der Waals surface area contributed by atoms with Crippen LogP contribution in [-0.2, 0) is 21.0 Å². The third-order valence-corrected chi connectivity index (χ3v) is 14.4. The minimum absolute atomic E-state index is 0.569. The molecule has 0 aliphatic carbocycles. The van der Waals surface area contributed by atoms with Gasteiger partial charge in [-0.3, -0.25) is 0 Å². The van der Waals surface area contributed by atoms with E-state index >= 15 is 0 Å². The van der Waals surface area contributed by atoms with Gasteiger partial charge < -0.3 is 29.9 Å². The van der Waals surface area contributed by atoms with E-state index in [2.05, 4.69) is 152 Å². The molecule has 13 rings (SSSR count). The maximum atomic E-state index is 8.19. The van der Waals surface area contributed by atoms with E-state index in [4.69, 9.17) is 43.5 Å². The third-order valence-electron chi connectivity index (χ3n) is 14.4. The van der Waals surface area contributed by atoms with Gasteiger partial charge in [-0.15, -0.1) is 0 Å². The van der Waals surface area contributed by atoms with Crippen LogP contribution in [0.3, 0.4) is 0 Å². The van der Waals surface area contributed by atoms with Crippen LogP contribution in [0.2, 0.25) is 0 Å². The molecule has 2 aliphatic rings. The quantitative estimate of drug-likeness (QED) is 0.146. The van der Waals surface area contributed by atoms with Crippen molar-refractivity contribution in [3.05, 3.63) is 142 Å². The minimum atomic E-state index is 0.569. The van der Waals surface area contributed by atoms with Crippen molar-refractivity contribution in [3.8, 4) is 45.6 Å². The molecule has 0 saturated heterocycles. The first-order valence-corrected chi connectivity index (χ1v) is 22.6. The Morgan fingerprint density at radius 1 is 0.288 bits per heavy atom. The van der Waals surface area contributed by atoms with Gasteiger partial charge in [0.25, 0.3) is 0 Å². The molecule has 66 heavy (non-hydrogen) atoms. The van der Waals surface area contributed by atoms with Gasteiger partial charge in [0.2, 0.25) is 0 Å². The van der Waals surface area contributed by atoms with Crippen LogP contribution >= 0.6 is 0 Å². The van der Waals surface area contributed by atoms with Crippen molar-refractivity contribution in [1.82, 2.24) is 39.9 Å². The molecule has 11 aromatic rings. The van der Waals surface area contributed by atoms with Gasteiger partial charge in [-0.1, -0.05) is 97.1 Å². The number of aryl methyl sites for hydroxylation is 8. The Balaban J connectivity index is 0.00000225. The average Bonchev–Trinajstić information content (AvgIpc) is 4.10. The molecule has 10 heteroatoms. The Kier molecular flexibility index (Phi) is 8.82. The first-order chi connectivity index (χ1) is 32.1. The molecule has 5 heterocycles. The summed E-state index contributed by atoms with van der Waals surface area (Å²) in [4.78, 5) is 43.6. The van der Waals surface area contributed by atoms with E-state index < -0.39 is 0 Å². The molecule has 0 amide bonds. The fraction of sp³-hybridized carbons (Fsp3) is 0.143. The second-order valence-electron chi connectivity index (χ2n) is 17.7. The van der Waals surface area contributed by atoms with E-state index in [1.54, 1.807) is 0 Å². The van der Waals surface area contributed by atoms with Gasteiger partial charge in [-0.25, -0.2) is 9.97 Å². The predicted molar refractivity (Wildman–Crippen MR) is 263 cm³/mol. The van der Waals surface area contributed by atoms with Crippen LogP contribution < -0.4 is 9.97 Å². The van der Waals surface area contributed by atoms with Crippen molar-refractivity contribution in [2.75, 3.05) is 0 Å². The Labute approximate surface area is 388 Å². The number of nitrogens with zero attached hydrogens (tertiary/aromatic N) is 8. The van der Waals surface area contributed by atoms with Crippen LogP contribution in [-0.4, -0.2) is 29.9 Å². The summed E-state index contributed by atoms with van der Waals surface area (Å²) in [6.07, 6.45) is 0. The van der Waals surface area contributed by atoms with Gasteiger partial charge in [0.15, 0.2) is 0 Å². The Hall–Kier alpha value is -7.46. The van der Waals surface area contributed by atoms with Gasteiger partial charge in [0.1, 0.15) is 0 Å². The molecule has 0 saturated carbocycles. The molecular formula is C56H40N8OV. The van der Waals surface area contributed by atoms with Crippen molar-refractivity contribution in [3.63, 3.8) is 0 Å². The van der Waals surface area contributed by atoms with Gasteiger partial charge >= 0.3 is 21.0 Å². The maximum absolute atomic E-state index is 8.19. The molecule has 0 atom stereocenters. The van der Waals surface area contributed by atoms with Crippen molar-refractivity contribution < 1.29 is 21.0 Å². The number of hydrogen-bond donors (Lipinski definition) is 0. The van der Waals surface area contributed by atoms with Gasteiger partial charge in [0.05, 0.1) is 23.3 Å². The van der Waals surface area contributed by atoms with E-state index in [0.717, 1.165) is 149 Å². The van der Waals surface area contributed by atoms with E-state index in [-0.39, 0.29) is 0 Å². The first-order valence-electron chi connectivity index (χ1n) is 22.1. The molecule has 0 fully saturated rings. The monoisotopic (exact) mass is 891 g/mol. The second kappa shape index (κ2) is 14.5. The standard InChI is InChI=1S/C56H40N8.O.V/c1-25-33-17-9-10-18-34(33)26(2)42-41(25)49-57-50(42)62-52-45-29(5)37-21-13-14-22-38(37)30(6)46(45)54(59-52)64-56-48-32(8)40-24-16-15-23-39(40)31(7)47(48)55(60-56)63-53-44-28(4)36-20-12-11-19-35(36)27(3)43(44)51(58-53)61-49;;/h9-24H,1-8H3;;/q-2;;+2. The Bertz CT molecular complexity index is 3680. The average molecular weight is 892 g/mol. The molecule has 0 N–H and O–H groups in total. The van der Waals surface area contributed by atoms with E-state index in [9.17, 15) is 0 Å². The Morgan fingerprint density at radius 2 is 0.470 bits per heavy atom. The molecule has 0 radical (unpaired) electrons. The summed E-state index contributed by atoms with van der Waals surface area (Å²) < 4.78 is 8.19. The van der Waals surface area contributed by atoms with E-state index in [1.165, 1.54) is 0 Å². The van der Waals surface area contributed by atoms with E-state index in [1.807, 2.05) is 0 Å². The molecule has 315 valence electrons. The molecule has 8 aromatic carbocycles. The zero-order chi connectivity index (χ0) is 45.4. The summed E-state index contributed by atoms with van der Waals surface area (Å²) in [5.74, 6) is 2.28. The van der Waals surface area contributed by atoms with E-state index in [0.29, 0.717) is 45.9 Å². The predicted octanol–water partition coefficient (Wildman–Crippen LogP) is 13.1. The SMILES string of the molecule is Cc1c2c(c(C)c3ccccc13)-c1nc-2nc2[n-]c(nc3nc(nc4[n-]c(n1)c1c(C)c5ccccc5c(C)c41)-c1c-3c(C)c3ccccc3c1C)c1c(C)c3ccccc3c(C)c21.[O]=[V+2]. The topological polar surface area (TPSA) is 123 Å². The van der Waals surface area contributed by atoms with Crippen LogP contribution in [0.15, 0.2) is 97.1 Å². The van der Waals surface area contributed by atoms with Crippen molar-refractivity contribution in [2.24, 2.45) is 0 Å². The van der Waals surface area contributed by atoms with Gasteiger partial charge in [0, 0.05) is 44.8 Å². The Morgan fingerprint density at radius 3 is 0.667 bits per heavy atom. The van der Waals surface area contributed by atoms with Crippen LogP contribution in [0, 0.1) is 55.4 Å². The number of fused-ring (bicyclic) bond motifs is 24. The second-order valence-corrected chi connectivity index (χ2v) is 17.7. The normalized spacial score (nSPS) is 12.1. The fourth-order valence-corrected chi connectivity index (χ4v) is 11.3. The van der Waals surface area contributed by atoms with Crippen LogP contribution in [0.1, 0.15) is 44.5 Å². The van der Waals surface area contributed by atoms with Crippen molar-refractivity contribution >= 4 is 87.2 Å². The zero-order valence-electron chi connectivity index (χ0n) is 37.7. The number of aromatic nitrogens is 8. The number of benzene rings is 8. The number of rotatable bonds is 0. The van der Waals surface area contributed by atoms with Crippen molar-refractivity contribution in [1.29, 1.82) is 0 Å². The molecular weight excluding hydrogens is 852 g/mol. The van der Waals surface area contributed by atoms with Gasteiger partial charge in [-0.05, 0) is 165 Å². The summed E-state index contributed by atoms with van der Waals surface area (Å²) in [6, 6.07) is 34.2. The summed E-state index contributed by atoms with van der Waals surface area (Å²) in [5.41, 5.74) is 14.8. The zero-order valence-corrected chi connectivity index (χ0v) is 39.1. The molecule has 9 nitrogen and oxygen atoms in total. The summed E-state index contributed by atoms with van der Waals surface area (Å²) in [7, 11) is 0. The van der Waals surface area contributed by atoms with Gasteiger partial charge in [-0.2, -0.15) is 0 Å². The van der Waals surface area contributed by atoms with Crippen LogP contribution in [0.5, 0.6) is 0 Å². The van der Waals surface area contributed by atoms with Crippen LogP contribution in [0.4, 0.5) is 0 Å². The summed E-state index contributed by atoms with van der Waals surface area (Å²) in [5, 5.41) is 13.0. The summed E-state index contributed by atoms with van der Waals surface area (Å²) >= 11 is 1.06. The third kappa shape index (κ3) is 5.35. The molecule has 2 aliphatic heterocycles. The number of hydrogen-bond acceptors (Lipinski definition) is 7. The molecule has 8 bridgehead atoms. The van der Waals surface area contributed by atoms with Crippen LogP contribution in [0.25, 0.3) is 133 Å². The molecule has 3 aromatic heterocycles. The first kappa shape index (κ1) is 40.1. The fourth-order valence-electron chi connectivity index (χ4n) is 11.3. The van der Waals surface area contributed by atoms with Crippen molar-refractivity contribution in [2.45, 2.75) is 55.4 Å².